The Kier molecular flexibility index (Phi) is 4.06. The Labute approximate surface area is 143 Å². The normalized spacial score (nSPS) is 16.8. The zero-order valence-corrected chi connectivity index (χ0v) is 14.3. The molecule has 0 bridgehead atoms. The average molecular weight is 426 g/mol. The van der Waals surface area contributed by atoms with E-state index >= 15 is 0 Å². The van der Waals surface area contributed by atoms with Crippen LogP contribution >= 0.6 is 31.9 Å². The summed E-state index contributed by atoms with van der Waals surface area (Å²) in [6, 6.07) is 9.95. The number of carboxylic acids is 1. The van der Waals surface area contributed by atoms with Crippen molar-refractivity contribution in [3.8, 4) is 5.75 Å². The monoisotopic (exact) mass is 424 g/mol. The maximum atomic E-state index is 12.3. The number of aromatic carboxylic acids is 1. The lowest BCUT2D eigenvalue weighted by Crippen LogP contribution is -2.20. The molecule has 2 aromatic carbocycles. The van der Waals surface area contributed by atoms with Gasteiger partial charge in [0, 0.05) is 4.47 Å². The predicted molar refractivity (Wildman–Crippen MR) is 87.6 cm³/mol. The quantitative estimate of drug-likeness (QED) is 0.762. The van der Waals surface area contributed by atoms with Crippen molar-refractivity contribution in [2.24, 2.45) is 0 Å². The molecule has 0 saturated carbocycles. The van der Waals surface area contributed by atoms with Gasteiger partial charge in [0.1, 0.15) is 11.9 Å². The number of fused-ring (bicyclic) bond motifs is 1. The van der Waals surface area contributed by atoms with E-state index in [0.29, 0.717) is 15.8 Å². The van der Waals surface area contributed by atoms with E-state index in [0.717, 1.165) is 10.0 Å². The lowest BCUT2D eigenvalue weighted by molar-refractivity contribution is 0.0695. The first-order chi connectivity index (χ1) is 10.5. The Hall–Kier alpha value is -1.66. The van der Waals surface area contributed by atoms with Crippen LogP contribution in [0, 0.1) is 0 Å². The molecule has 2 aromatic rings. The molecule has 1 aliphatic rings. The van der Waals surface area contributed by atoms with Gasteiger partial charge in [0.15, 0.2) is 5.78 Å². The lowest BCUT2D eigenvalue weighted by Gasteiger charge is -2.26. The minimum atomic E-state index is -0.981. The number of benzene rings is 2. The standard InChI is InChI=1S/C16H10Br2O4/c17-10-5-11-13(19)7-14(22-15(11)12(18)6-10)8-1-3-9(4-2-8)16(20)21/h1-6,14H,7H2,(H,20,21). The van der Waals surface area contributed by atoms with Crippen molar-refractivity contribution in [1.29, 1.82) is 0 Å². The van der Waals surface area contributed by atoms with Crippen molar-refractivity contribution in [2.45, 2.75) is 12.5 Å². The first kappa shape index (κ1) is 15.2. The molecular weight excluding hydrogens is 416 g/mol. The number of rotatable bonds is 2. The number of carbonyl (C=O) groups is 2. The van der Waals surface area contributed by atoms with Crippen LogP contribution in [0.1, 0.15) is 38.8 Å². The highest BCUT2D eigenvalue weighted by Gasteiger charge is 2.29. The summed E-state index contributed by atoms with van der Waals surface area (Å²) in [5, 5.41) is 8.92. The first-order valence-electron chi connectivity index (χ1n) is 6.48. The molecule has 0 aliphatic carbocycles. The number of carboxylic acid groups (broad SMARTS) is 1. The van der Waals surface area contributed by atoms with E-state index in [1.165, 1.54) is 12.1 Å². The molecule has 22 heavy (non-hydrogen) atoms. The van der Waals surface area contributed by atoms with Crippen LogP contribution in [0.5, 0.6) is 5.75 Å². The summed E-state index contributed by atoms with van der Waals surface area (Å²) >= 11 is 6.76. The molecule has 0 aromatic heterocycles. The molecule has 4 nitrogen and oxygen atoms in total. The molecule has 0 saturated heterocycles. The molecular formula is C16H10Br2O4. The second-order valence-electron chi connectivity index (χ2n) is 4.93. The maximum Gasteiger partial charge on any atom is 0.335 e. The van der Waals surface area contributed by atoms with Crippen molar-refractivity contribution in [2.75, 3.05) is 0 Å². The molecule has 0 radical (unpaired) electrons. The van der Waals surface area contributed by atoms with Crippen LogP contribution in [-0.2, 0) is 0 Å². The third-order valence-corrected chi connectivity index (χ3v) is 4.52. The molecule has 0 amide bonds. The predicted octanol–water partition coefficient (Wildman–Crippen LogP) is 4.62. The number of halogens is 2. The Bertz CT molecular complexity index is 768. The highest BCUT2D eigenvalue weighted by atomic mass is 79.9. The van der Waals surface area contributed by atoms with Gasteiger partial charge in [-0.05, 0) is 45.8 Å². The Balaban J connectivity index is 1.95. The third-order valence-electron chi connectivity index (χ3n) is 3.47. The molecule has 1 heterocycles. The summed E-state index contributed by atoms with van der Waals surface area (Å²) in [5.74, 6) is -0.465. The molecule has 3 rings (SSSR count). The van der Waals surface area contributed by atoms with Crippen LogP contribution in [0.25, 0.3) is 0 Å². The number of ether oxygens (including phenoxy) is 1. The fourth-order valence-corrected chi connectivity index (χ4v) is 3.69. The highest BCUT2D eigenvalue weighted by Crippen LogP contribution is 2.41. The zero-order valence-electron chi connectivity index (χ0n) is 11.2. The van der Waals surface area contributed by atoms with E-state index in [1.807, 2.05) is 6.07 Å². The Morgan fingerprint density at radius 1 is 1.18 bits per heavy atom. The third kappa shape index (κ3) is 2.80. The smallest absolute Gasteiger partial charge is 0.335 e. The molecule has 0 fully saturated rings. The minimum Gasteiger partial charge on any atom is -0.483 e. The zero-order chi connectivity index (χ0) is 15.9. The van der Waals surface area contributed by atoms with Crippen molar-refractivity contribution in [3.63, 3.8) is 0 Å². The molecule has 1 aliphatic heterocycles. The number of hydrogen-bond donors (Lipinski definition) is 1. The number of carbonyl (C=O) groups excluding carboxylic acids is 1. The summed E-state index contributed by atoms with van der Waals surface area (Å²) in [4.78, 5) is 23.2. The van der Waals surface area contributed by atoms with Gasteiger partial charge in [-0.25, -0.2) is 4.79 Å². The molecule has 112 valence electrons. The SMILES string of the molecule is O=C(O)c1ccc(C2CC(=O)c3cc(Br)cc(Br)c3O2)cc1. The summed E-state index contributed by atoms with van der Waals surface area (Å²) in [7, 11) is 0. The van der Waals surface area contributed by atoms with Crippen molar-refractivity contribution in [3.05, 3.63) is 62.0 Å². The molecule has 6 heteroatoms. The van der Waals surface area contributed by atoms with Gasteiger partial charge in [-0.2, -0.15) is 0 Å². The summed E-state index contributed by atoms with van der Waals surface area (Å²) in [6.45, 7) is 0. The maximum absolute atomic E-state index is 12.3. The molecule has 1 N–H and O–H groups in total. The van der Waals surface area contributed by atoms with Gasteiger partial charge in [0.05, 0.1) is 22.0 Å². The average Bonchev–Trinajstić information content (AvgIpc) is 2.48. The second-order valence-corrected chi connectivity index (χ2v) is 6.70. The van der Waals surface area contributed by atoms with Crippen LogP contribution in [0.2, 0.25) is 0 Å². The van der Waals surface area contributed by atoms with Gasteiger partial charge in [-0.1, -0.05) is 28.1 Å². The van der Waals surface area contributed by atoms with Gasteiger partial charge < -0.3 is 9.84 Å². The van der Waals surface area contributed by atoms with Crippen molar-refractivity contribution < 1.29 is 19.4 Å². The van der Waals surface area contributed by atoms with E-state index in [9.17, 15) is 9.59 Å². The van der Waals surface area contributed by atoms with Crippen LogP contribution in [0.3, 0.4) is 0 Å². The lowest BCUT2D eigenvalue weighted by atomic mass is 9.96. The van der Waals surface area contributed by atoms with E-state index in [-0.39, 0.29) is 17.8 Å². The van der Waals surface area contributed by atoms with Crippen LogP contribution < -0.4 is 4.74 Å². The first-order valence-corrected chi connectivity index (χ1v) is 8.06. The summed E-state index contributed by atoms with van der Waals surface area (Å²) < 4.78 is 7.45. The highest BCUT2D eigenvalue weighted by molar-refractivity contribution is 9.11. The Morgan fingerprint density at radius 2 is 1.86 bits per heavy atom. The van der Waals surface area contributed by atoms with Crippen molar-refractivity contribution in [1.82, 2.24) is 0 Å². The van der Waals surface area contributed by atoms with Crippen LogP contribution in [0.4, 0.5) is 0 Å². The van der Waals surface area contributed by atoms with Gasteiger partial charge in [0.25, 0.3) is 0 Å². The summed E-state index contributed by atoms with van der Waals surface area (Å²) in [5.41, 5.74) is 1.52. The number of ketones is 1. The van der Waals surface area contributed by atoms with E-state index in [2.05, 4.69) is 31.9 Å². The van der Waals surface area contributed by atoms with E-state index in [1.54, 1.807) is 18.2 Å². The fourth-order valence-electron chi connectivity index (χ4n) is 2.38. The molecule has 1 atom stereocenters. The number of hydrogen-bond acceptors (Lipinski definition) is 3. The van der Waals surface area contributed by atoms with Gasteiger partial charge in [0.2, 0.25) is 0 Å². The minimum absolute atomic E-state index is 0.00411. The van der Waals surface area contributed by atoms with Crippen molar-refractivity contribution >= 4 is 43.6 Å². The van der Waals surface area contributed by atoms with Gasteiger partial charge in [-0.15, -0.1) is 0 Å². The number of Topliss-reactive ketones (excluding diaryl/α,β-unsaturated/α-hetero) is 1. The second kappa shape index (κ2) is 5.85. The van der Waals surface area contributed by atoms with E-state index < -0.39 is 12.1 Å². The van der Waals surface area contributed by atoms with Crippen LogP contribution in [-0.4, -0.2) is 16.9 Å². The van der Waals surface area contributed by atoms with Crippen LogP contribution in [0.15, 0.2) is 45.3 Å². The topological polar surface area (TPSA) is 63.6 Å². The molecule has 1 unspecified atom stereocenters. The Morgan fingerprint density at radius 3 is 2.50 bits per heavy atom. The molecule has 0 spiro atoms. The van der Waals surface area contributed by atoms with Gasteiger partial charge in [-0.3, -0.25) is 4.79 Å². The largest absolute Gasteiger partial charge is 0.483 e. The van der Waals surface area contributed by atoms with E-state index in [4.69, 9.17) is 9.84 Å². The summed E-state index contributed by atoms with van der Waals surface area (Å²) in [6.07, 6.45) is -0.192. The fraction of sp³-hybridized carbons (Fsp3) is 0.125. The van der Waals surface area contributed by atoms with Gasteiger partial charge >= 0.3 is 5.97 Å².